The van der Waals surface area contributed by atoms with Crippen LogP contribution in [0, 0.1) is 0 Å². The third-order valence-corrected chi connectivity index (χ3v) is 5.71. The fourth-order valence-corrected chi connectivity index (χ4v) is 3.54. The minimum absolute atomic E-state index is 0.132. The van der Waals surface area contributed by atoms with Crippen molar-refractivity contribution >= 4 is 0 Å². The summed E-state index contributed by atoms with van der Waals surface area (Å²) >= 11 is 0. The number of unbranched alkanes of at least 4 members (excludes halogenated alkanes) is 8. The Morgan fingerprint density at radius 1 is 0.875 bits per heavy atom. The summed E-state index contributed by atoms with van der Waals surface area (Å²) in [6, 6.07) is -0.758. The average Bonchev–Trinajstić information content (AvgIpc) is 2.79. The lowest BCUT2D eigenvalue weighted by atomic mass is 9.99. The molecule has 1 saturated heterocycles. The maximum Gasteiger partial charge on any atom is 0.186 e. The Morgan fingerprint density at radius 3 is 2.19 bits per heavy atom. The van der Waals surface area contributed by atoms with Crippen molar-refractivity contribution in [3.8, 4) is 0 Å². The molecule has 1 fully saturated rings. The van der Waals surface area contributed by atoms with E-state index in [2.05, 4.69) is 19.1 Å². The minimum atomic E-state index is -1.51. The van der Waals surface area contributed by atoms with Crippen molar-refractivity contribution < 1.29 is 35.0 Å². The van der Waals surface area contributed by atoms with E-state index < -0.39 is 49.5 Å². The maximum atomic E-state index is 10.1. The normalized spacial score (nSPS) is 28.5. The van der Waals surface area contributed by atoms with Gasteiger partial charge in [0, 0.05) is 0 Å². The van der Waals surface area contributed by atoms with Crippen LogP contribution in [0.15, 0.2) is 24.3 Å². The highest BCUT2D eigenvalue weighted by Gasteiger charge is 2.44. The molecular weight excluding hydrogens is 414 g/mol. The van der Waals surface area contributed by atoms with Gasteiger partial charge in [0.25, 0.3) is 0 Å². The second kappa shape index (κ2) is 17.6. The van der Waals surface area contributed by atoms with Crippen LogP contribution in [0.25, 0.3) is 0 Å². The molecule has 0 aromatic carbocycles. The first-order valence-corrected chi connectivity index (χ1v) is 12.1. The van der Waals surface area contributed by atoms with Gasteiger partial charge in [0.1, 0.15) is 24.4 Å². The van der Waals surface area contributed by atoms with Gasteiger partial charge in [-0.3, -0.25) is 0 Å². The van der Waals surface area contributed by atoms with E-state index in [1.165, 1.54) is 44.9 Å². The van der Waals surface area contributed by atoms with Gasteiger partial charge < -0.3 is 40.7 Å². The molecular formula is C24H45NO7. The number of nitrogens with two attached hydrogens (primary N) is 1. The molecule has 0 radical (unpaired) electrons. The van der Waals surface area contributed by atoms with Gasteiger partial charge in [-0.05, 0) is 25.7 Å². The molecule has 7 atom stereocenters. The molecule has 7 N–H and O–H groups in total. The van der Waals surface area contributed by atoms with Gasteiger partial charge in [-0.15, -0.1) is 0 Å². The van der Waals surface area contributed by atoms with Crippen molar-refractivity contribution in [2.24, 2.45) is 5.73 Å². The smallest absolute Gasteiger partial charge is 0.186 e. The van der Waals surface area contributed by atoms with Gasteiger partial charge in [0.05, 0.1) is 25.4 Å². The van der Waals surface area contributed by atoms with E-state index >= 15 is 0 Å². The van der Waals surface area contributed by atoms with E-state index in [1.807, 2.05) is 6.08 Å². The molecule has 1 aliphatic heterocycles. The van der Waals surface area contributed by atoms with Gasteiger partial charge >= 0.3 is 0 Å². The summed E-state index contributed by atoms with van der Waals surface area (Å²) in [6.07, 6.45) is 12.2. The lowest BCUT2D eigenvalue weighted by Crippen LogP contribution is -2.59. The predicted octanol–water partition coefficient (Wildman–Crippen LogP) is 1.52. The number of hydrogen-bond acceptors (Lipinski definition) is 8. The number of ether oxygens (including phenoxy) is 2. The van der Waals surface area contributed by atoms with Gasteiger partial charge in [-0.2, -0.15) is 0 Å². The molecule has 32 heavy (non-hydrogen) atoms. The van der Waals surface area contributed by atoms with Crippen molar-refractivity contribution in [2.45, 2.75) is 114 Å². The third kappa shape index (κ3) is 11.3. The molecule has 8 heteroatoms. The molecule has 0 spiro atoms. The van der Waals surface area contributed by atoms with Crippen LogP contribution in [0.5, 0.6) is 0 Å². The van der Waals surface area contributed by atoms with Crippen LogP contribution < -0.4 is 5.73 Å². The number of hydrogen-bond donors (Lipinski definition) is 6. The van der Waals surface area contributed by atoms with Crippen molar-refractivity contribution in [3.05, 3.63) is 24.3 Å². The molecule has 0 amide bonds. The van der Waals surface area contributed by atoms with Crippen LogP contribution in [-0.4, -0.2) is 81.6 Å². The Balaban J connectivity index is 2.16. The van der Waals surface area contributed by atoms with Crippen LogP contribution in [0.4, 0.5) is 0 Å². The van der Waals surface area contributed by atoms with E-state index in [0.717, 1.165) is 19.3 Å². The summed E-state index contributed by atoms with van der Waals surface area (Å²) in [5.74, 6) is 0. The third-order valence-electron chi connectivity index (χ3n) is 5.71. The Hall–Kier alpha value is -0.840. The molecule has 1 heterocycles. The summed E-state index contributed by atoms with van der Waals surface area (Å²) in [5.41, 5.74) is 5.92. The predicted molar refractivity (Wildman–Crippen MR) is 124 cm³/mol. The standard InChI is InChI=1S/C24H45NO7/c1-2-3-4-5-6-7-8-9-10-11-12-13-14-15-19(27)18(25)17-31-24-23(30)22(29)21(28)20(16-26)32-24/h10-11,14-15,18-24,26-30H,2-9,12-13,16-17,25H2,1H3/b11-10-,15-14+/t18-,19-,20+,21+,22-,23+,24+/m0/s1. The van der Waals surface area contributed by atoms with Crippen molar-refractivity contribution in [1.82, 2.24) is 0 Å². The van der Waals surface area contributed by atoms with Crippen molar-refractivity contribution in [2.75, 3.05) is 13.2 Å². The summed E-state index contributed by atoms with van der Waals surface area (Å²) in [4.78, 5) is 0. The van der Waals surface area contributed by atoms with Crippen LogP contribution in [0.2, 0.25) is 0 Å². The Bertz CT molecular complexity index is 515. The topological polar surface area (TPSA) is 146 Å². The summed E-state index contributed by atoms with van der Waals surface area (Å²) in [7, 11) is 0. The van der Waals surface area contributed by atoms with Crippen LogP contribution in [0.3, 0.4) is 0 Å². The molecule has 0 bridgehead atoms. The highest BCUT2D eigenvalue weighted by atomic mass is 16.7. The zero-order valence-electron chi connectivity index (χ0n) is 19.5. The molecule has 1 rings (SSSR count). The monoisotopic (exact) mass is 459 g/mol. The maximum absolute atomic E-state index is 10.1. The van der Waals surface area contributed by atoms with Crippen molar-refractivity contribution in [1.29, 1.82) is 0 Å². The van der Waals surface area contributed by atoms with Gasteiger partial charge in [0.15, 0.2) is 6.29 Å². The first kappa shape index (κ1) is 29.2. The summed E-state index contributed by atoms with van der Waals surface area (Å²) in [5, 5.41) is 48.8. The highest BCUT2D eigenvalue weighted by molar-refractivity contribution is 4.96. The van der Waals surface area contributed by atoms with E-state index in [-0.39, 0.29) is 6.61 Å². The lowest BCUT2D eigenvalue weighted by molar-refractivity contribution is -0.302. The van der Waals surface area contributed by atoms with E-state index in [9.17, 15) is 25.5 Å². The number of allylic oxidation sites excluding steroid dienone is 3. The summed E-state index contributed by atoms with van der Waals surface area (Å²) < 4.78 is 10.6. The zero-order valence-corrected chi connectivity index (χ0v) is 19.5. The minimum Gasteiger partial charge on any atom is -0.394 e. The van der Waals surface area contributed by atoms with Crippen LogP contribution >= 0.6 is 0 Å². The van der Waals surface area contributed by atoms with E-state index in [1.54, 1.807) is 6.08 Å². The first-order valence-electron chi connectivity index (χ1n) is 12.1. The van der Waals surface area contributed by atoms with E-state index in [0.29, 0.717) is 0 Å². The molecule has 188 valence electrons. The highest BCUT2D eigenvalue weighted by Crippen LogP contribution is 2.22. The van der Waals surface area contributed by atoms with E-state index in [4.69, 9.17) is 15.2 Å². The molecule has 0 saturated carbocycles. The molecule has 0 aromatic heterocycles. The molecule has 0 aliphatic carbocycles. The molecule has 8 nitrogen and oxygen atoms in total. The fourth-order valence-electron chi connectivity index (χ4n) is 3.54. The largest absolute Gasteiger partial charge is 0.394 e. The number of aliphatic hydroxyl groups excluding tert-OH is 5. The Labute approximate surface area is 192 Å². The molecule has 0 aromatic rings. The Morgan fingerprint density at radius 2 is 1.50 bits per heavy atom. The zero-order chi connectivity index (χ0) is 23.8. The molecule has 1 aliphatic rings. The first-order chi connectivity index (χ1) is 15.4. The van der Waals surface area contributed by atoms with Gasteiger partial charge in [-0.1, -0.05) is 69.8 Å². The van der Waals surface area contributed by atoms with Gasteiger partial charge in [0.2, 0.25) is 0 Å². The Kier molecular flexibility index (Phi) is 16.1. The molecule has 0 unspecified atom stereocenters. The average molecular weight is 460 g/mol. The quantitative estimate of drug-likeness (QED) is 0.142. The number of rotatable bonds is 17. The number of aliphatic hydroxyl groups is 5. The van der Waals surface area contributed by atoms with Crippen molar-refractivity contribution in [3.63, 3.8) is 0 Å². The summed E-state index contributed by atoms with van der Waals surface area (Å²) in [6.45, 7) is 1.57. The fraction of sp³-hybridized carbons (Fsp3) is 0.833. The van der Waals surface area contributed by atoms with Crippen LogP contribution in [0.1, 0.15) is 71.1 Å². The lowest BCUT2D eigenvalue weighted by Gasteiger charge is -2.39. The van der Waals surface area contributed by atoms with Crippen LogP contribution in [-0.2, 0) is 9.47 Å². The second-order valence-electron chi connectivity index (χ2n) is 8.57. The SMILES string of the molecule is CCCCCCCCC/C=C\CC/C=C/[C@H](O)[C@@H](N)CO[C@@H]1O[C@H](CO)[C@@H](O)[C@H](O)[C@H]1O. The van der Waals surface area contributed by atoms with Gasteiger partial charge in [-0.25, -0.2) is 0 Å². The second-order valence-corrected chi connectivity index (χ2v) is 8.57.